The van der Waals surface area contributed by atoms with Crippen molar-refractivity contribution in [1.29, 1.82) is 0 Å². The van der Waals surface area contributed by atoms with E-state index in [0.717, 1.165) is 24.0 Å². The van der Waals surface area contributed by atoms with E-state index in [1.54, 1.807) is 6.07 Å². The molecule has 3 N–H and O–H groups in total. The number of nitrogens with two attached hydrogens (primary N) is 1. The Morgan fingerprint density at radius 3 is 2.69 bits per heavy atom. The second kappa shape index (κ2) is 4.28. The largest absolute Gasteiger partial charge is 0.508 e. The molecular formula is C11H17NO. The molecule has 0 aliphatic rings. The zero-order valence-corrected chi connectivity index (χ0v) is 8.25. The summed E-state index contributed by atoms with van der Waals surface area (Å²) in [5.74, 6) is 0.340. The Morgan fingerprint density at radius 1 is 1.46 bits per heavy atom. The first-order valence-corrected chi connectivity index (χ1v) is 4.70. The highest BCUT2D eigenvalue weighted by molar-refractivity contribution is 5.36. The van der Waals surface area contributed by atoms with Gasteiger partial charge in [0.25, 0.3) is 0 Å². The van der Waals surface area contributed by atoms with E-state index in [9.17, 15) is 5.11 Å². The normalized spacial score (nSPS) is 12.8. The molecule has 72 valence electrons. The summed E-state index contributed by atoms with van der Waals surface area (Å²) in [7, 11) is 0. The second-order valence-corrected chi connectivity index (χ2v) is 3.44. The Labute approximate surface area is 79.4 Å². The molecule has 1 atom stereocenters. The molecule has 0 radical (unpaired) electrons. The van der Waals surface area contributed by atoms with Crippen LogP contribution >= 0.6 is 0 Å². The van der Waals surface area contributed by atoms with Gasteiger partial charge in [0.15, 0.2) is 0 Å². The second-order valence-electron chi connectivity index (χ2n) is 3.44. The highest BCUT2D eigenvalue weighted by Crippen LogP contribution is 2.22. The van der Waals surface area contributed by atoms with Gasteiger partial charge in [-0.15, -0.1) is 0 Å². The van der Waals surface area contributed by atoms with Crippen molar-refractivity contribution >= 4 is 0 Å². The summed E-state index contributed by atoms with van der Waals surface area (Å²) < 4.78 is 0. The number of aryl methyl sites for hydroxylation is 1. The predicted octanol–water partition coefficient (Wildman–Crippen LogP) is 2.50. The number of phenols is 1. The summed E-state index contributed by atoms with van der Waals surface area (Å²) >= 11 is 0. The molecular weight excluding hydrogens is 162 g/mol. The average Bonchev–Trinajstić information content (AvgIpc) is 2.10. The Morgan fingerprint density at radius 2 is 2.15 bits per heavy atom. The lowest BCUT2D eigenvalue weighted by Gasteiger charge is -2.11. The van der Waals surface area contributed by atoms with Crippen LogP contribution in [0.5, 0.6) is 5.75 Å². The minimum Gasteiger partial charge on any atom is -0.508 e. The van der Waals surface area contributed by atoms with E-state index in [-0.39, 0.29) is 6.04 Å². The predicted molar refractivity (Wildman–Crippen MR) is 54.7 cm³/mol. The molecule has 0 amide bonds. The smallest absolute Gasteiger partial charge is 0.118 e. The zero-order valence-electron chi connectivity index (χ0n) is 8.25. The molecule has 0 saturated carbocycles. The SMILES string of the molecule is CCC[C@@H](N)c1ccc(O)c(C)c1. The van der Waals surface area contributed by atoms with Crippen LogP contribution in [0.3, 0.4) is 0 Å². The minimum absolute atomic E-state index is 0.101. The molecule has 0 aliphatic carbocycles. The minimum atomic E-state index is 0.101. The van der Waals surface area contributed by atoms with Crippen LogP contribution in [-0.4, -0.2) is 5.11 Å². The van der Waals surface area contributed by atoms with Gasteiger partial charge < -0.3 is 10.8 Å². The molecule has 0 aliphatic heterocycles. The van der Waals surface area contributed by atoms with E-state index in [4.69, 9.17) is 5.73 Å². The van der Waals surface area contributed by atoms with Gasteiger partial charge in [0.05, 0.1) is 0 Å². The Kier molecular flexibility index (Phi) is 3.32. The first kappa shape index (κ1) is 10.1. The van der Waals surface area contributed by atoms with Crippen LogP contribution in [0.4, 0.5) is 0 Å². The number of hydrogen-bond acceptors (Lipinski definition) is 2. The number of hydrogen-bond donors (Lipinski definition) is 2. The maximum Gasteiger partial charge on any atom is 0.118 e. The quantitative estimate of drug-likeness (QED) is 0.748. The van der Waals surface area contributed by atoms with Gasteiger partial charge in [-0.3, -0.25) is 0 Å². The summed E-state index contributed by atoms with van der Waals surface area (Å²) in [5.41, 5.74) is 7.94. The molecule has 0 heterocycles. The highest BCUT2D eigenvalue weighted by atomic mass is 16.3. The van der Waals surface area contributed by atoms with E-state index in [2.05, 4.69) is 6.92 Å². The summed E-state index contributed by atoms with van der Waals surface area (Å²) in [6.45, 7) is 4.00. The van der Waals surface area contributed by atoms with Crippen LogP contribution in [0, 0.1) is 6.92 Å². The van der Waals surface area contributed by atoms with Crippen LogP contribution in [0.25, 0.3) is 0 Å². The third kappa shape index (κ3) is 2.46. The van der Waals surface area contributed by atoms with Crippen molar-refractivity contribution in [3.63, 3.8) is 0 Å². The van der Waals surface area contributed by atoms with Crippen molar-refractivity contribution < 1.29 is 5.11 Å². The summed E-state index contributed by atoms with van der Waals surface area (Å²) in [4.78, 5) is 0. The van der Waals surface area contributed by atoms with Crippen molar-refractivity contribution in [2.75, 3.05) is 0 Å². The van der Waals surface area contributed by atoms with E-state index < -0.39 is 0 Å². The molecule has 0 unspecified atom stereocenters. The lowest BCUT2D eigenvalue weighted by Crippen LogP contribution is -2.09. The third-order valence-electron chi connectivity index (χ3n) is 2.25. The van der Waals surface area contributed by atoms with Crippen molar-refractivity contribution in [1.82, 2.24) is 0 Å². The van der Waals surface area contributed by atoms with Crippen molar-refractivity contribution in [2.45, 2.75) is 32.7 Å². The van der Waals surface area contributed by atoms with Crippen LogP contribution in [0.15, 0.2) is 18.2 Å². The molecule has 0 spiro atoms. The Balaban J connectivity index is 2.84. The van der Waals surface area contributed by atoms with Crippen LogP contribution < -0.4 is 5.73 Å². The van der Waals surface area contributed by atoms with Gasteiger partial charge in [-0.1, -0.05) is 25.5 Å². The molecule has 13 heavy (non-hydrogen) atoms. The van der Waals surface area contributed by atoms with Crippen LogP contribution in [-0.2, 0) is 0 Å². The number of rotatable bonds is 3. The van der Waals surface area contributed by atoms with E-state index in [1.807, 2.05) is 19.1 Å². The fraction of sp³-hybridized carbons (Fsp3) is 0.455. The molecule has 0 aromatic heterocycles. The molecule has 1 aromatic rings. The van der Waals surface area contributed by atoms with Crippen molar-refractivity contribution in [3.05, 3.63) is 29.3 Å². The molecule has 1 aromatic carbocycles. The average molecular weight is 179 g/mol. The molecule has 0 saturated heterocycles. The van der Waals surface area contributed by atoms with Gasteiger partial charge in [-0.05, 0) is 30.5 Å². The first-order valence-electron chi connectivity index (χ1n) is 4.70. The van der Waals surface area contributed by atoms with Gasteiger partial charge in [0.1, 0.15) is 5.75 Å². The molecule has 1 rings (SSSR count). The van der Waals surface area contributed by atoms with Gasteiger partial charge in [-0.2, -0.15) is 0 Å². The number of benzene rings is 1. The number of aromatic hydroxyl groups is 1. The Hall–Kier alpha value is -1.02. The monoisotopic (exact) mass is 179 g/mol. The third-order valence-corrected chi connectivity index (χ3v) is 2.25. The summed E-state index contributed by atoms with van der Waals surface area (Å²) in [6, 6.07) is 5.66. The molecule has 2 heteroatoms. The van der Waals surface area contributed by atoms with Gasteiger partial charge >= 0.3 is 0 Å². The topological polar surface area (TPSA) is 46.2 Å². The van der Waals surface area contributed by atoms with Crippen LogP contribution in [0.2, 0.25) is 0 Å². The lowest BCUT2D eigenvalue weighted by atomic mass is 10.0. The van der Waals surface area contributed by atoms with Crippen molar-refractivity contribution in [2.24, 2.45) is 5.73 Å². The molecule has 0 bridgehead atoms. The Bertz CT molecular complexity index is 283. The standard InChI is InChI=1S/C11H17NO/c1-3-4-10(12)9-5-6-11(13)8(2)7-9/h5-7,10,13H,3-4,12H2,1-2H3/t10-/m1/s1. The molecule has 0 fully saturated rings. The first-order chi connectivity index (χ1) is 6.15. The van der Waals surface area contributed by atoms with Crippen molar-refractivity contribution in [3.8, 4) is 5.75 Å². The van der Waals surface area contributed by atoms with E-state index in [1.165, 1.54) is 0 Å². The van der Waals surface area contributed by atoms with Gasteiger partial charge in [-0.25, -0.2) is 0 Å². The highest BCUT2D eigenvalue weighted by Gasteiger charge is 2.05. The van der Waals surface area contributed by atoms with E-state index >= 15 is 0 Å². The summed E-state index contributed by atoms with van der Waals surface area (Å²) in [5, 5.41) is 9.31. The maximum atomic E-state index is 9.31. The van der Waals surface area contributed by atoms with Gasteiger partial charge in [0.2, 0.25) is 0 Å². The van der Waals surface area contributed by atoms with Gasteiger partial charge in [0, 0.05) is 6.04 Å². The lowest BCUT2D eigenvalue weighted by molar-refractivity contribution is 0.470. The summed E-state index contributed by atoms with van der Waals surface area (Å²) in [6.07, 6.45) is 2.07. The fourth-order valence-corrected chi connectivity index (χ4v) is 1.39. The number of phenolic OH excluding ortho intramolecular Hbond substituents is 1. The van der Waals surface area contributed by atoms with Crippen LogP contribution in [0.1, 0.15) is 36.9 Å². The molecule has 2 nitrogen and oxygen atoms in total. The van der Waals surface area contributed by atoms with E-state index in [0.29, 0.717) is 5.75 Å². The zero-order chi connectivity index (χ0) is 9.84. The maximum absolute atomic E-state index is 9.31. The fourth-order valence-electron chi connectivity index (χ4n) is 1.39.